The van der Waals surface area contributed by atoms with Gasteiger partial charge in [-0.2, -0.15) is 5.10 Å². The fraction of sp³-hybridized carbons (Fsp3) is 0.381. The molecule has 1 N–H and O–H groups in total. The Morgan fingerprint density at radius 2 is 1.96 bits per heavy atom. The van der Waals surface area contributed by atoms with Crippen LogP contribution in [0.2, 0.25) is 5.02 Å². The molecule has 0 bridgehead atoms. The van der Waals surface area contributed by atoms with Crippen LogP contribution in [0.25, 0.3) is 0 Å². The lowest BCUT2D eigenvalue weighted by Crippen LogP contribution is -2.58. The summed E-state index contributed by atoms with van der Waals surface area (Å²) in [6, 6.07) is 14.2. The zero-order valence-corrected chi connectivity index (χ0v) is 16.0. The van der Waals surface area contributed by atoms with Crippen LogP contribution in [-0.2, 0) is 0 Å². The van der Waals surface area contributed by atoms with Crippen molar-refractivity contribution in [2.24, 2.45) is 5.10 Å². The molecule has 1 fully saturated rings. The Bertz CT molecular complexity index is 891. The summed E-state index contributed by atoms with van der Waals surface area (Å²) >= 11 is 6.07. The molecule has 3 heterocycles. The molecule has 0 radical (unpaired) electrons. The number of methoxy groups -OCH3 is 1. The molecule has 0 saturated carbocycles. The fourth-order valence-corrected chi connectivity index (χ4v) is 4.52. The summed E-state index contributed by atoms with van der Waals surface area (Å²) in [5.41, 5.74) is 2.91. The largest absolute Gasteiger partial charge is 0.493 e. The summed E-state index contributed by atoms with van der Waals surface area (Å²) in [5.74, 6) is 1.67. The second-order valence-electron chi connectivity index (χ2n) is 7.29. The summed E-state index contributed by atoms with van der Waals surface area (Å²) < 4.78 is 12.2. The number of hydrazone groups is 1. The van der Waals surface area contributed by atoms with Crippen LogP contribution >= 0.6 is 11.6 Å². The van der Waals surface area contributed by atoms with E-state index in [-0.39, 0.29) is 6.04 Å². The third-order valence-electron chi connectivity index (χ3n) is 5.77. The number of ether oxygens (including phenoxy) is 2. The maximum absolute atomic E-state index is 6.63. The van der Waals surface area contributed by atoms with Crippen molar-refractivity contribution in [2.75, 3.05) is 20.2 Å². The first-order valence-corrected chi connectivity index (χ1v) is 9.77. The van der Waals surface area contributed by atoms with E-state index < -0.39 is 5.72 Å². The van der Waals surface area contributed by atoms with E-state index >= 15 is 0 Å². The molecule has 2 aromatic carbocycles. The second-order valence-corrected chi connectivity index (χ2v) is 7.73. The van der Waals surface area contributed by atoms with Gasteiger partial charge in [0.15, 0.2) is 11.5 Å². The van der Waals surface area contributed by atoms with Gasteiger partial charge in [0.25, 0.3) is 0 Å². The van der Waals surface area contributed by atoms with Crippen molar-refractivity contribution in [1.29, 1.82) is 0 Å². The smallest absolute Gasteiger partial charge is 0.200 e. The van der Waals surface area contributed by atoms with E-state index in [1.807, 2.05) is 36.4 Å². The van der Waals surface area contributed by atoms with Crippen LogP contribution in [0.3, 0.4) is 0 Å². The normalized spacial score (nSPS) is 22.7. The van der Waals surface area contributed by atoms with Crippen molar-refractivity contribution < 1.29 is 9.47 Å². The Morgan fingerprint density at radius 1 is 1.19 bits per heavy atom. The highest BCUT2D eigenvalue weighted by atomic mass is 35.5. The molecule has 5 nitrogen and oxygen atoms in total. The number of halogens is 1. The molecular weight excluding hydrogens is 362 g/mol. The van der Waals surface area contributed by atoms with Crippen LogP contribution in [0.1, 0.15) is 36.4 Å². The minimum atomic E-state index is -0.425. The average molecular weight is 384 g/mol. The molecule has 27 heavy (non-hydrogen) atoms. The standard InChI is InChI=1S/C21H22ClN3O2/c1-26-19-4-2-3-16-18-13-17(14-5-7-15(22)8-6-14)24-25(18)21(27-20(16)19)9-11-23-12-10-21/h2-8,18,23H,9-13H2,1H3/t18-/m1/s1. The minimum Gasteiger partial charge on any atom is -0.493 e. The van der Waals surface area contributed by atoms with Crippen molar-refractivity contribution in [1.82, 2.24) is 10.3 Å². The number of rotatable bonds is 2. The van der Waals surface area contributed by atoms with Crippen molar-refractivity contribution >= 4 is 17.3 Å². The molecule has 0 aliphatic carbocycles. The van der Waals surface area contributed by atoms with Crippen LogP contribution < -0.4 is 14.8 Å². The molecule has 2 aromatic rings. The van der Waals surface area contributed by atoms with Crippen LogP contribution in [0.4, 0.5) is 0 Å². The monoisotopic (exact) mass is 383 g/mol. The first-order chi connectivity index (χ1) is 13.2. The van der Waals surface area contributed by atoms with E-state index in [1.165, 1.54) is 0 Å². The van der Waals surface area contributed by atoms with E-state index in [2.05, 4.69) is 16.4 Å². The quantitative estimate of drug-likeness (QED) is 0.852. The van der Waals surface area contributed by atoms with E-state index in [1.54, 1.807) is 7.11 Å². The maximum Gasteiger partial charge on any atom is 0.200 e. The summed E-state index contributed by atoms with van der Waals surface area (Å²) in [4.78, 5) is 0. The van der Waals surface area contributed by atoms with Crippen LogP contribution in [0, 0.1) is 0 Å². The van der Waals surface area contributed by atoms with Gasteiger partial charge in [-0.1, -0.05) is 35.9 Å². The van der Waals surface area contributed by atoms with Gasteiger partial charge >= 0.3 is 0 Å². The number of benzene rings is 2. The number of piperidine rings is 1. The molecule has 0 amide bonds. The number of para-hydroxylation sites is 1. The lowest BCUT2D eigenvalue weighted by Gasteiger charge is -2.49. The zero-order chi connectivity index (χ0) is 18.4. The molecule has 3 aliphatic rings. The molecule has 1 atom stereocenters. The Labute approximate surface area is 163 Å². The predicted molar refractivity (Wildman–Crippen MR) is 106 cm³/mol. The Morgan fingerprint density at radius 3 is 2.70 bits per heavy atom. The first-order valence-electron chi connectivity index (χ1n) is 9.40. The van der Waals surface area contributed by atoms with Crippen molar-refractivity contribution in [3.8, 4) is 11.5 Å². The first kappa shape index (κ1) is 16.9. The van der Waals surface area contributed by atoms with Crippen molar-refractivity contribution in [3.05, 3.63) is 58.6 Å². The van der Waals surface area contributed by atoms with Crippen molar-refractivity contribution in [2.45, 2.75) is 31.0 Å². The predicted octanol–water partition coefficient (Wildman–Crippen LogP) is 3.97. The third-order valence-corrected chi connectivity index (χ3v) is 6.02. The number of hydrogen-bond donors (Lipinski definition) is 1. The molecule has 5 rings (SSSR count). The van der Waals surface area contributed by atoms with Gasteiger partial charge < -0.3 is 14.8 Å². The maximum atomic E-state index is 6.63. The highest BCUT2D eigenvalue weighted by Gasteiger charge is 2.51. The van der Waals surface area contributed by atoms with Crippen LogP contribution in [0.15, 0.2) is 47.6 Å². The van der Waals surface area contributed by atoms with Gasteiger partial charge in [-0.15, -0.1) is 0 Å². The van der Waals surface area contributed by atoms with Gasteiger partial charge in [0.2, 0.25) is 5.72 Å². The third kappa shape index (κ3) is 2.68. The Kier molecular flexibility index (Phi) is 4.02. The highest BCUT2D eigenvalue weighted by Crippen LogP contribution is 2.52. The number of hydrogen-bond acceptors (Lipinski definition) is 5. The van der Waals surface area contributed by atoms with Gasteiger partial charge in [-0.25, -0.2) is 5.01 Å². The van der Waals surface area contributed by atoms with Gasteiger partial charge in [0, 0.05) is 42.9 Å². The average Bonchev–Trinajstić information content (AvgIpc) is 3.16. The SMILES string of the molecule is COc1cccc2c1OC1(CCNCC1)N1N=C(c3ccc(Cl)cc3)C[C@H]21. The summed E-state index contributed by atoms with van der Waals surface area (Å²) in [6.07, 6.45) is 2.62. The zero-order valence-electron chi connectivity index (χ0n) is 15.2. The van der Waals surface area contributed by atoms with Crippen LogP contribution in [0.5, 0.6) is 11.5 Å². The van der Waals surface area contributed by atoms with Crippen LogP contribution in [-0.4, -0.2) is 36.6 Å². The Hall–Kier alpha value is -2.24. The fourth-order valence-electron chi connectivity index (χ4n) is 4.40. The van der Waals surface area contributed by atoms with E-state index in [0.717, 1.165) is 65.7 Å². The molecule has 1 saturated heterocycles. The number of fused-ring (bicyclic) bond motifs is 4. The van der Waals surface area contributed by atoms with Gasteiger partial charge in [-0.3, -0.25) is 0 Å². The summed E-state index contributed by atoms with van der Waals surface area (Å²) in [5, 5.41) is 11.4. The van der Waals surface area contributed by atoms with Gasteiger partial charge in [0.1, 0.15) is 0 Å². The Balaban J connectivity index is 1.61. The van der Waals surface area contributed by atoms with E-state index in [9.17, 15) is 0 Å². The van der Waals surface area contributed by atoms with Gasteiger partial charge in [-0.05, 0) is 23.8 Å². The lowest BCUT2D eigenvalue weighted by molar-refractivity contribution is -0.137. The second kappa shape index (κ2) is 6.43. The topological polar surface area (TPSA) is 46.1 Å². The molecule has 6 heteroatoms. The molecule has 1 spiro atoms. The summed E-state index contributed by atoms with van der Waals surface area (Å²) in [7, 11) is 1.70. The molecule has 0 unspecified atom stereocenters. The number of nitrogens with zero attached hydrogens (tertiary/aromatic N) is 2. The van der Waals surface area contributed by atoms with E-state index in [0.29, 0.717) is 0 Å². The number of nitrogens with one attached hydrogen (secondary N) is 1. The van der Waals surface area contributed by atoms with Gasteiger partial charge in [0.05, 0.1) is 18.9 Å². The molecule has 0 aromatic heterocycles. The molecular formula is C21H22ClN3O2. The lowest BCUT2D eigenvalue weighted by atomic mass is 9.91. The molecule has 3 aliphatic heterocycles. The summed E-state index contributed by atoms with van der Waals surface area (Å²) in [6.45, 7) is 1.83. The minimum absolute atomic E-state index is 0.160. The molecule has 140 valence electrons. The van der Waals surface area contributed by atoms with Crippen molar-refractivity contribution in [3.63, 3.8) is 0 Å². The highest BCUT2D eigenvalue weighted by molar-refractivity contribution is 6.30. The van der Waals surface area contributed by atoms with E-state index in [4.69, 9.17) is 26.2 Å².